The average molecular weight is 543 g/mol. The topological polar surface area (TPSA) is 95.9 Å². The summed E-state index contributed by atoms with van der Waals surface area (Å²) in [6, 6.07) is 16.2. The van der Waals surface area contributed by atoms with Gasteiger partial charge in [-0.15, -0.1) is 0 Å². The number of likely N-dealkylation sites (tertiary alicyclic amines) is 1. The highest BCUT2D eigenvalue weighted by atomic mass is 16.5. The zero-order valence-corrected chi connectivity index (χ0v) is 23.4. The Morgan fingerprint density at radius 1 is 1.02 bits per heavy atom. The van der Waals surface area contributed by atoms with Crippen LogP contribution in [0.15, 0.2) is 54.7 Å². The summed E-state index contributed by atoms with van der Waals surface area (Å²) < 4.78 is 5.48. The molecule has 1 amide bonds. The number of anilines is 1. The van der Waals surface area contributed by atoms with Crippen molar-refractivity contribution in [2.24, 2.45) is 5.92 Å². The number of carbonyl (C=O) groups is 2. The molecule has 2 aliphatic rings. The number of aryl methyl sites for hydroxylation is 3. The number of rotatable bonds is 9. The van der Waals surface area contributed by atoms with Crippen LogP contribution in [0.25, 0.3) is 0 Å². The van der Waals surface area contributed by atoms with Gasteiger partial charge >= 0.3 is 5.97 Å². The Bertz CT molecular complexity index is 1340. The first-order chi connectivity index (χ1) is 19.5. The number of fused-ring (bicyclic) bond motifs is 1. The molecule has 8 nitrogen and oxygen atoms in total. The first-order valence-electron chi connectivity index (χ1n) is 14.3. The predicted octanol–water partition coefficient (Wildman–Crippen LogP) is 4.59. The van der Waals surface area contributed by atoms with Gasteiger partial charge in [0.2, 0.25) is 11.9 Å². The number of benzene rings is 2. The monoisotopic (exact) mass is 542 g/mol. The highest BCUT2D eigenvalue weighted by Crippen LogP contribution is 2.33. The molecule has 2 aromatic carbocycles. The molecule has 0 unspecified atom stereocenters. The lowest BCUT2D eigenvalue weighted by molar-refractivity contribution is -0.132. The summed E-state index contributed by atoms with van der Waals surface area (Å²) in [5.74, 6) is 0.706. The number of carboxylic acid groups (broad SMARTS) is 1. The number of carboxylic acids is 1. The molecule has 3 aromatic rings. The number of hydrogen-bond donors (Lipinski definition) is 1. The third-order valence-corrected chi connectivity index (χ3v) is 8.34. The Labute approximate surface area is 236 Å². The molecule has 0 bridgehead atoms. The summed E-state index contributed by atoms with van der Waals surface area (Å²) in [4.78, 5) is 39.0. The summed E-state index contributed by atoms with van der Waals surface area (Å²) >= 11 is 0. The van der Waals surface area contributed by atoms with Crippen molar-refractivity contribution >= 4 is 17.8 Å². The second kappa shape index (κ2) is 12.5. The van der Waals surface area contributed by atoms with E-state index in [1.807, 2.05) is 24.3 Å². The first-order valence-corrected chi connectivity index (χ1v) is 14.3. The van der Waals surface area contributed by atoms with Gasteiger partial charge in [-0.25, -0.2) is 14.8 Å². The number of hydrogen-bond acceptors (Lipinski definition) is 6. The smallest absolute Gasteiger partial charge is 0.339 e. The van der Waals surface area contributed by atoms with Gasteiger partial charge in [-0.2, -0.15) is 0 Å². The van der Waals surface area contributed by atoms with Crippen molar-refractivity contribution in [3.05, 3.63) is 82.7 Å². The number of nitrogens with zero attached hydrogens (tertiary/aromatic N) is 4. The first kappa shape index (κ1) is 27.6. The Hall–Kier alpha value is -3.94. The van der Waals surface area contributed by atoms with Gasteiger partial charge in [0.15, 0.2) is 0 Å². The second-order valence-electron chi connectivity index (χ2n) is 10.8. The van der Waals surface area contributed by atoms with Crippen molar-refractivity contribution in [3.8, 4) is 5.75 Å². The van der Waals surface area contributed by atoms with Crippen LogP contribution in [0.1, 0.15) is 58.9 Å². The van der Waals surface area contributed by atoms with Crippen molar-refractivity contribution in [2.45, 2.75) is 57.9 Å². The van der Waals surface area contributed by atoms with Gasteiger partial charge in [0, 0.05) is 31.4 Å². The maximum absolute atomic E-state index is 13.6. The van der Waals surface area contributed by atoms with Gasteiger partial charge in [-0.05, 0) is 55.2 Å². The van der Waals surface area contributed by atoms with Crippen molar-refractivity contribution in [1.29, 1.82) is 0 Å². The quantitative estimate of drug-likeness (QED) is 0.423. The molecule has 0 saturated carbocycles. The third kappa shape index (κ3) is 6.11. The summed E-state index contributed by atoms with van der Waals surface area (Å²) in [7, 11) is 1.63. The molecule has 0 radical (unpaired) electrons. The number of ether oxygens (including phenoxy) is 1. The van der Waals surface area contributed by atoms with Crippen LogP contribution in [0.5, 0.6) is 5.75 Å². The van der Waals surface area contributed by atoms with Gasteiger partial charge in [0.05, 0.1) is 30.8 Å². The molecule has 0 aliphatic carbocycles. The fraction of sp³-hybridized carbons (Fsp3) is 0.438. The minimum Gasteiger partial charge on any atom is -0.496 e. The normalized spacial score (nSPS) is 18.8. The zero-order chi connectivity index (χ0) is 28.1. The standard InChI is InChI=1S/C32H38N4O4/c1-3-22-11-13-23(14-12-22)15-16-27-26(31(38)39)19-33-32(34-27)35-20-25-9-6-7-17-36(28(25)21-35)30(37)18-24-8-4-5-10-29(24)40-2/h4-5,8,10-14,19,25,28H,3,6-7,9,15-18,20-21H2,1-2H3,(H,38,39)/t25-,28-/m0/s1. The van der Waals surface area contributed by atoms with E-state index in [0.717, 1.165) is 55.6 Å². The van der Waals surface area contributed by atoms with Crippen LogP contribution < -0.4 is 9.64 Å². The van der Waals surface area contributed by atoms with Crippen LogP contribution in [-0.4, -0.2) is 64.6 Å². The molecule has 210 valence electrons. The van der Waals surface area contributed by atoms with E-state index >= 15 is 0 Å². The van der Waals surface area contributed by atoms with Gasteiger partial charge in [-0.3, -0.25) is 4.79 Å². The maximum Gasteiger partial charge on any atom is 0.339 e. The highest BCUT2D eigenvalue weighted by molar-refractivity contribution is 5.88. The molecule has 2 fully saturated rings. The Morgan fingerprint density at radius 3 is 2.55 bits per heavy atom. The molecule has 8 heteroatoms. The van der Waals surface area contributed by atoms with Crippen molar-refractivity contribution in [2.75, 3.05) is 31.6 Å². The third-order valence-electron chi connectivity index (χ3n) is 8.34. The number of amides is 1. The van der Waals surface area contributed by atoms with Crippen LogP contribution >= 0.6 is 0 Å². The zero-order valence-electron chi connectivity index (χ0n) is 23.4. The molecule has 5 rings (SSSR count). The summed E-state index contributed by atoms with van der Waals surface area (Å²) in [6.45, 7) is 4.27. The van der Waals surface area contributed by atoms with E-state index in [9.17, 15) is 14.7 Å². The van der Waals surface area contributed by atoms with Crippen molar-refractivity contribution in [1.82, 2.24) is 14.9 Å². The van der Waals surface area contributed by atoms with Gasteiger partial charge < -0.3 is 19.6 Å². The van der Waals surface area contributed by atoms with Gasteiger partial charge in [0.25, 0.3) is 0 Å². The SMILES string of the molecule is CCc1ccc(CCc2nc(N3C[C@@H]4CCCCN(C(=O)Cc5ccccc5OC)[C@H]4C3)ncc2C(=O)O)cc1. The Morgan fingerprint density at radius 2 is 1.80 bits per heavy atom. The Balaban J connectivity index is 1.33. The second-order valence-corrected chi connectivity index (χ2v) is 10.8. The molecule has 1 aromatic heterocycles. The molecular weight excluding hydrogens is 504 g/mol. The molecule has 1 N–H and O–H groups in total. The van der Waals surface area contributed by atoms with E-state index in [4.69, 9.17) is 9.72 Å². The fourth-order valence-electron chi connectivity index (χ4n) is 6.06. The number of aromatic nitrogens is 2. The summed E-state index contributed by atoms with van der Waals surface area (Å²) in [5, 5.41) is 9.79. The highest BCUT2D eigenvalue weighted by Gasteiger charge is 2.40. The van der Waals surface area contributed by atoms with Crippen LogP contribution in [0.4, 0.5) is 5.95 Å². The van der Waals surface area contributed by atoms with Crippen LogP contribution in [0, 0.1) is 5.92 Å². The average Bonchev–Trinajstić information content (AvgIpc) is 3.29. The van der Waals surface area contributed by atoms with E-state index < -0.39 is 5.97 Å². The number of carbonyl (C=O) groups excluding carboxylic acids is 1. The van der Waals surface area contributed by atoms with Crippen molar-refractivity contribution < 1.29 is 19.4 Å². The summed E-state index contributed by atoms with van der Waals surface area (Å²) in [5.41, 5.74) is 4.03. The molecule has 3 heterocycles. The van der Waals surface area contributed by atoms with E-state index in [2.05, 4.69) is 46.0 Å². The van der Waals surface area contributed by atoms with Crippen LogP contribution in [0.2, 0.25) is 0 Å². The van der Waals surface area contributed by atoms with E-state index in [1.54, 1.807) is 7.11 Å². The Kier molecular flexibility index (Phi) is 8.63. The van der Waals surface area contributed by atoms with E-state index in [0.29, 0.717) is 43.4 Å². The van der Waals surface area contributed by atoms with Crippen LogP contribution in [0.3, 0.4) is 0 Å². The summed E-state index contributed by atoms with van der Waals surface area (Å²) in [6.07, 6.45) is 7.09. The molecule has 2 atom stereocenters. The van der Waals surface area contributed by atoms with E-state index in [1.165, 1.54) is 11.8 Å². The predicted molar refractivity (Wildman–Crippen MR) is 154 cm³/mol. The minimum atomic E-state index is -1.01. The van der Waals surface area contributed by atoms with Crippen molar-refractivity contribution in [3.63, 3.8) is 0 Å². The number of methoxy groups -OCH3 is 1. The van der Waals surface area contributed by atoms with Crippen LogP contribution in [-0.2, 0) is 30.5 Å². The molecular formula is C32H38N4O4. The fourth-order valence-corrected chi connectivity index (χ4v) is 6.06. The number of para-hydroxylation sites is 1. The minimum absolute atomic E-state index is 0.0768. The molecule has 2 saturated heterocycles. The lowest BCUT2D eigenvalue weighted by Gasteiger charge is -2.30. The van der Waals surface area contributed by atoms with E-state index in [-0.39, 0.29) is 17.5 Å². The molecule has 2 aliphatic heterocycles. The lowest BCUT2D eigenvalue weighted by atomic mass is 9.98. The van der Waals surface area contributed by atoms with Gasteiger partial charge in [-0.1, -0.05) is 55.8 Å². The lowest BCUT2D eigenvalue weighted by Crippen LogP contribution is -2.45. The number of aromatic carboxylic acids is 1. The largest absolute Gasteiger partial charge is 0.496 e. The molecule has 40 heavy (non-hydrogen) atoms. The van der Waals surface area contributed by atoms with Gasteiger partial charge in [0.1, 0.15) is 5.75 Å². The molecule has 0 spiro atoms. The maximum atomic E-state index is 13.6.